The van der Waals surface area contributed by atoms with Gasteiger partial charge in [0.2, 0.25) is 0 Å². The van der Waals surface area contributed by atoms with Crippen molar-refractivity contribution in [3.63, 3.8) is 0 Å². The van der Waals surface area contributed by atoms with Crippen molar-refractivity contribution in [1.82, 2.24) is 4.90 Å². The van der Waals surface area contributed by atoms with Crippen molar-refractivity contribution in [3.8, 4) is 0 Å². The summed E-state index contributed by atoms with van der Waals surface area (Å²) in [5, 5.41) is 0. The zero-order chi connectivity index (χ0) is 21.6. The lowest BCUT2D eigenvalue weighted by molar-refractivity contribution is 0.266. The second kappa shape index (κ2) is 11.1. The van der Waals surface area contributed by atoms with Crippen molar-refractivity contribution in [2.45, 2.75) is 104 Å². The molecule has 0 aromatic heterocycles. The van der Waals surface area contributed by atoms with Crippen LogP contribution < -0.4 is 0 Å². The molecule has 0 N–H and O–H groups in total. The quantitative estimate of drug-likeness (QED) is 0.440. The van der Waals surface area contributed by atoms with Gasteiger partial charge in [0.15, 0.2) is 0 Å². The van der Waals surface area contributed by atoms with Crippen LogP contribution >= 0.6 is 0 Å². The van der Waals surface area contributed by atoms with Crippen LogP contribution in [0.2, 0.25) is 0 Å². The van der Waals surface area contributed by atoms with Crippen molar-refractivity contribution in [2.24, 2.45) is 29.6 Å². The maximum absolute atomic E-state index is 2.65. The highest BCUT2D eigenvalue weighted by Crippen LogP contribution is 2.38. The Kier molecular flexibility index (Phi) is 8.18. The molecule has 172 valence electrons. The number of fused-ring (bicyclic) bond motifs is 2. The van der Waals surface area contributed by atoms with Crippen molar-refractivity contribution in [3.05, 3.63) is 47.7 Å². The molecule has 0 aromatic carbocycles. The molecular formula is C30H47N. The Morgan fingerprint density at radius 3 is 2.45 bits per heavy atom. The van der Waals surface area contributed by atoms with Crippen LogP contribution in [0.15, 0.2) is 47.7 Å². The second-order valence-electron chi connectivity index (χ2n) is 11.4. The third-order valence-electron chi connectivity index (χ3n) is 8.66. The van der Waals surface area contributed by atoms with Gasteiger partial charge >= 0.3 is 0 Å². The first-order valence-electron chi connectivity index (χ1n) is 13.7. The average molecular weight is 422 g/mol. The predicted octanol–water partition coefficient (Wildman–Crippen LogP) is 8.46. The summed E-state index contributed by atoms with van der Waals surface area (Å²) in [6.07, 6.45) is 32.0. The number of hydrogen-bond donors (Lipinski definition) is 0. The molecule has 0 radical (unpaired) electrons. The molecular weight excluding hydrogens is 374 g/mol. The van der Waals surface area contributed by atoms with E-state index in [1.807, 2.05) is 0 Å². The molecule has 0 bridgehead atoms. The van der Waals surface area contributed by atoms with Gasteiger partial charge in [-0.05, 0) is 91.5 Å². The van der Waals surface area contributed by atoms with Crippen LogP contribution in [0.4, 0.5) is 0 Å². The molecule has 31 heavy (non-hydrogen) atoms. The van der Waals surface area contributed by atoms with Crippen LogP contribution in [-0.2, 0) is 0 Å². The molecule has 0 aromatic rings. The topological polar surface area (TPSA) is 3.24 Å². The van der Waals surface area contributed by atoms with E-state index in [2.05, 4.69) is 62.3 Å². The summed E-state index contributed by atoms with van der Waals surface area (Å²) in [5.74, 6) is 3.86. The van der Waals surface area contributed by atoms with Crippen LogP contribution in [0.1, 0.15) is 97.8 Å². The van der Waals surface area contributed by atoms with Crippen molar-refractivity contribution >= 4 is 0 Å². The summed E-state index contributed by atoms with van der Waals surface area (Å²) in [6.45, 7) is 8.45. The Hall–Kier alpha value is -1.24. The summed E-state index contributed by atoms with van der Waals surface area (Å²) in [6, 6.07) is 0.664. The summed E-state index contributed by atoms with van der Waals surface area (Å²) in [5.41, 5.74) is 3.20. The largest absolute Gasteiger partial charge is 0.371 e. The fourth-order valence-corrected chi connectivity index (χ4v) is 6.54. The van der Waals surface area contributed by atoms with E-state index in [-0.39, 0.29) is 0 Å². The minimum atomic E-state index is 0.664. The highest BCUT2D eigenvalue weighted by molar-refractivity contribution is 5.28. The van der Waals surface area contributed by atoms with Gasteiger partial charge in [-0.3, -0.25) is 0 Å². The predicted molar refractivity (Wildman–Crippen MR) is 135 cm³/mol. The third kappa shape index (κ3) is 6.17. The molecule has 2 fully saturated rings. The summed E-state index contributed by atoms with van der Waals surface area (Å²) in [4.78, 5) is 2.62. The molecule has 1 saturated heterocycles. The normalized spacial score (nSPS) is 33.1. The maximum Gasteiger partial charge on any atom is 0.0473 e. The van der Waals surface area contributed by atoms with Crippen LogP contribution in [0.5, 0.6) is 0 Å². The first kappa shape index (κ1) is 22.9. The van der Waals surface area contributed by atoms with E-state index in [9.17, 15) is 0 Å². The first-order chi connectivity index (χ1) is 15.1. The second-order valence-corrected chi connectivity index (χ2v) is 11.4. The first-order valence-corrected chi connectivity index (χ1v) is 13.7. The zero-order valence-electron chi connectivity index (χ0n) is 20.6. The fourth-order valence-electron chi connectivity index (χ4n) is 6.54. The lowest BCUT2D eigenvalue weighted by atomic mass is 9.77. The van der Waals surface area contributed by atoms with Gasteiger partial charge in [-0.25, -0.2) is 0 Å². The van der Waals surface area contributed by atoms with E-state index < -0.39 is 0 Å². The minimum Gasteiger partial charge on any atom is -0.371 e. The molecule has 5 unspecified atom stereocenters. The smallest absolute Gasteiger partial charge is 0.0473 e. The summed E-state index contributed by atoms with van der Waals surface area (Å²) in [7, 11) is 0. The fraction of sp³-hybridized carbons (Fsp3) is 0.733. The number of nitrogens with zero attached hydrogens (tertiary/aromatic N) is 1. The molecule has 0 amide bonds. The summed E-state index contributed by atoms with van der Waals surface area (Å²) < 4.78 is 0. The van der Waals surface area contributed by atoms with Gasteiger partial charge < -0.3 is 4.90 Å². The van der Waals surface area contributed by atoms with Gasteiger partial charge in [-0.2, -0.15) is 0 Å². The maximum atomic E-state index is 2.65. The van der Waals surface area contributed by atoms with Gasteiger partial charge in [0.25, 0.3) is 0 Å². The molecule has 2 heterocycles. The highest BCUT2D eigenvalue weighted by Gasteiger charge is 2.26. The molecule has 5 atom stereocenters. The molecule has 2 aliphatic heterocycles. The number of hydrogen-bond acceptors (Lipinski definition) is 1. The Morgan fingerprint density at radius 2 is 1.58 bits per heavy atom. The van der Waals surface area contributed by atoms with E-state index in [1.165, 1.54) is 83.6 Å². The average Bonchev–Trinajstić information content (AvgIpc) is 2.84. The molecule has 1 saturated carbocycles. The highest BCUT2D eigenvalue weighted by atomic mass is 15.1. The van der Waals surface area contributed by atoms with E-state index in [0.29, 0.717) is 17.9 Å². The SMILES string of the molecule is CC(C)C1=CC2CCC(CC(C)C3=CC4CCCCCCN4C=C3)CCCCC2C=C1. The Morgan fingerprint density at radius 1 is 0.774 bits per heavy atom. The number of allylic oxidation sites excluding steroid dienone is 6. The third-order valence-corrected chi connectivity index (χ3v) is 8.66. The molecule has 2 aliphatic carbocycles. The van der Waals surface area contributed by atoms with Crippen LogP contribution in [-0.4, -0.2) is 17.5 Å². The van der Waals surface area contributed by atoms with E-state index in [1.54, 1.807) is 11.1 Å². The van der Waals surface area contributed by atoms with Crippen LogP contribution in [0.3, 0.4) is 0 Å². The standard InChI is InChI=1S/C30H47N/c1-23(2)27-16-15-26-11-8-7-10-25(13-14-29(26)21-27)20-24(3)28-17-19-31-18-9-5-4-6-12-30(31)22-28/h15-17,19,21-26,29-30H,4-14,18,20H2,1-3H3. The monoisotopic (exact) mass is 421 g/mol. The van der Waals surface area contributed by atoms with Crippen molar-refractivity contribution in [1.29, 1.82) is 0 Å². The zero-order valence-corrected chi connectivity index (χ0v) is 20.6. The van der Waals surface area contributed by atoms with E-state index >= 15 is 0 Å². The van der Waals surface area contributed by atoms with Gasteiger partial charge in [-0.15, -0.1) is 0 Å². The number of rotatable bonds is 4. The van der Waals surface area contributed by atoms with Crippen LogP contribution in [0, 0.1) is 29.6 Å². The Labute approximate surface area is 192 Å². The molecule has 4 rings (SSSR count). The molecule has 1 nitrogen and oxygen atoms in total. The van der Waals surface area contributed by atoms with Crippen molar-refractivity contribution < 1.29 is 0 Å². The minimum absolute atomic E-state index is 0.664. The van der Waals surface area contributed by atoms with Crippen LogP contribution in [0.25, 0.3) is 0 Å². The van der Waals surface area contributed by atoms with Crippen molar-refractivity contribution in [2.75, 3.05) is 6.54 Å². The lowest BCUT2D eigenvalue weighted by Gasteiger charge is -2.35. The molecule has 0 spiro atoms. The van der Waals surface area contributed by atoms with Gasteiger partial charge in [0.05, 0.1) is 0 Å². The Balaban J connectivity index is 1.36. The molecule has 4 aliphatic rings. The van der Waals surface area contributed by atoms with Gasteiger partial charge in [0.1, 0.15) is 0 Å². The lowest BCUT2D eigenvalue weighted by Crippen LogP contribution is -2.33. The van der Waals surface area contributed by atoms with E-state index in [0.717, 1.165) is 17.8 Å². The Bertz CT molecular complexity index is 693. The van der Waals surface area contributed by atoms with Gasteiger partial charge in [0, 0.05) is 12.6 Å². The van der Waals surface area contributed by atoms with Gasteiger partial charge in [-0.1, -0.05) is 83.6 Å². The summed E-state index contributed by atoms with van der Waals surface area (Å²) >= 11 is 0. The molecule has 1 heteroatoms. The van der Waals surface area contributed by atoms with E-state index in [4.69, 9.17) is 0 Å².